The number of pyridine rings is 1. The Kier molecular flexibility index (Phi) is 3.80. The van der Waals surface area contributed by atoms with E-state index in [2.05, 4.69) is 25.7 Å². The van der Waals surface area contributed by atoms with Gasteiger partial charge in [-0.2, -0.15) is 0 Å². The van der Waals surface area contributed by atoms with Crippen molar-refractivity contribution in [1.29, 1.82) is 0 Å². The highest BCUT2D eigenvalue weighted by atomic mass is 79.9. The van der Waals surface area contributed by atoms with Gasteiger partial charge in [-0.3, -0.25) is 0 Å². The fraction of sp³-hybridized carbons (Fsp3) is 0.286. The van der Waals surface area contributed by atoms with Gasteiger partial charge in [-0.25, -0.2) is 4.98 Å². The zero-order chi connectivity index (χ0) is 11.6. The van der Waals surface area contributed by atoms with Crippen LogP contribution >= 0.6 is 27.5 Å². The molecule has 15 heavy (non-hydrogen) atoms. The predicted octanol–water partition coefficient (Wildman–Crippen LogP) is 2.85. The maximum Gasteiger partial charge on any atom is 0.574 e. The number of hydrogen-bond donors (Lipinski definition) is 1. The smallest absolute Gasteiger partial charge is 0.387 e. The lowest BCUT2D eigenvalue weighted by atomic mass is 10.3. The molecular weight excluding hydrogens is 300 g/mol. The van der Waals surface area contributed by atoms with Crippen LogP contribution in [-0.2, 0) is 6.54 Å². The monoisotopic (exact) mass is 304 g/mol. The van der Waals surface area contributed by atoms with E-state index in [1.165, 1.54) is 6.07 Å². The summed E-state index contributed by atoms with van der Waals surface area (Å²) >= 11 is 8.40. The Balaban J connectivity index is 3.12. The Bertz CT molecular complexity index is 372. The van der Waals surface area contributed by atoms with E-state index in [0.29, 0.717) is 5.56 Å². The first kappa shape index (κ1) is 12.5. The van der Waals surface area contributed by atoms with E-state index in [-0.39, 0.29) is 16.2 Å². The van der Waals surface area contributed by atoms with Crippen LogP contribution in [0.15, 0.2) is 10.5 Å². The fourth-order valence-corrected chi connectivity index (χ4v) is 1.50. The van der Waals surface area contributed by atoms with E-state index in [1.807, 2.05) is 0 Å². The van der Waals surface area contributed by atoms with Crippen LogP contribution in [0.1, 0.15) is 5.56 Å². The number of hydrogen-bond acceptors (Lipinski definition) is 3. The van der Waals surface area contributed by atoms with Gasteiger partial charge < -0.3 is 10.5 Å². The summed E-state index contributed by atoms with van der Waals surface area (Å²) in [6, 6.07) is 1.36. The first-order valence-corrected chi connectivity index (χ1v) is 4.81. The molecule has 0 aliphatic carbocycles. The van der Waals surface area contributed by atoms with Crippen molar-refractivity contribution in [2.45, 2.75) is 12.9 Å². The van der Waals surface area contributed by atoms with Crippen LogP contribution in [0.5, 0.6) is 5.88 Å². The van der Waals surface area contributed by atoms with Crippen molar-refractivity contribution in [3.8, 4) is 5.88 Å². The fourth-order valence-electron chi connectivity index (χ4n) is 0.849. The lowest BCUT2D eigenvalue weighted by Gasteiger charge is -2.11. The van der Waals surface area contributed by atoms with Crippen LogP contribution in [0.3, 0.4) is 0 Å². The second-order valence-corrected chi connectivity index (χ2v) is 3.66. The van der Waals surface area contributed by atoms with Crippen molar-refractivity contribution in [1.82, 2.24) is 4.98 Å². The standard InChI is InChI=1S/C7H5BrClF3N2O/c8-5-3(2-13)1-4(9)14-6(5)15-7(10,11)12/h1H,2,13H2. The molecule has 8 heteroatoms. The van der Waals surface area contributed by atoms with Crippen LogP contribution in [0.25, 0.3) is 0 Å². The molecule has 0 saturated heterocycles. The van der Waals surface area contributed by atoms with E-state index in [1.54, 1.807) is 0 Å². The highest BCUT2D eigenvalue weighted by Gasteiger charge is 2.33. The van der Waals surface area contributed by atoms with Gasteiger partial charge in [-0.05, 0) is 27.6 Å². The molecule has 0 spiro atoms. The van der Waals surface area contributed by atoms with Gasteiger partial charge in [0.05, 0.1) is 4.47 Å². The van der Waals surface area contributed by atoms with Crippen LogP contribution in [0.2, 0.25) is 5.15 Å². The Morgan fingerprint density at radius 3 is 2.60 bits per heavy atom. The van der Waals surface area contributed by atoms with Crippen molar-refractivity contribution >= 4 is 27.5 Å². The average Bonchev–Trinajstić information content (AvgIpc) is 2.08. The van der Waals surface area contributed by atoms with Gasteiger partial charge in [0.15, 0.2) is 0 Å². The molecule has 0 aliphatic rings. The third-order valence-corrected chi connectivity index (χ3v) is 2.45. The minimum atomic E-state index is -4.81. The second-order valence-electron chi connectivity index (χ2n) is 2.48. The molecule has 0 radical (unpaired) electrons. The van der Waals surface area contributed by atoms with Crippen molar-refractivity contribution in [3.63, 3.8) is 0 Å². The molecule has 0 aliphatic heterocycles. The van der Waals surface area contributed by atoms with E-state index >= 15 is 0 Å². The number of halogens is 5. The van der Waals surface area contributed by atoms with Crippen molar-refractivity contribution in [3.05, 3.63) is 21.3 Å². The summed E-state index contributed by atoms with van der Waals surface area (Å²) < 4.78 is 39.5. The summed E-state index contributed by atoms with van der Waals surface area (Å²) in [5.41, 5.74) is 5.68. The van der Waals surface area contributed by atoms with E-state index in [0.717, 1.165) is 0 Å². The minimum Gasteiger partial charge on any atom is -0.387 e. The highest BCUT2D eigenvalue weighted by Crippen LogP contribution is 2.32. The quantitative estimate of drug-likeness (QED) is 0.855. The zero-order valence-electron chi connectivity index (χ0n) is 7.11. The molecule has 2 N–H and O–H groups in total. The molecular formula is C7H5BrClF3N2O. The molecule has 0 amide bonds. The predicted molar refractivity (Wildman–Crippen MR) is 51.5 cm³/mol. The number of nitrogens with zero attached hydrogens (tertiary/aromatic N) is 1. The summed E-state index contributed by atoms with van der Waals surface area (Å²) in [6.07, 6.45) is -4.81. The van der Waals surface area contributed by atoms with E-state index in [4.69, 9.17) is 17.3 Å². The molecule has 3 nitrogen and oxygen atoms in total. The number of nitrogens with two attached hydrogens (primary N) is 1. The SMILES string of the molecule is NCc1cc(Cl)nc(OC(F)(F)F)c1Br. The largest absolute Gasteiger partial charge is 0.574 e. The maximum atomic E-state index is 11.9. The first-order valence-electron chi connectivity index (χ1n) is 3.64. The van der Waals surface area contributed by atoms with Crippen molar-refractivity contribution in [2.75, 3.05) is 0 Å². The van der Waals surface area contributed by atoms with Crippen LogP contribution < -0.4 is 10.5 Å². The Hall–Kier alpha value is -0.530. The van der Waals surface area contributed by atoms with E-state index in [9.17, 15) is 13.2 Å². The molecule has 1 aromatic rings. The van der Waals surface area contributed by atoms with Crippen LogP contribution in [0, 0.1) is 0 Å². The third-order valence-electron chi connectivity index (χ3n) is 1.40. The summed E-state index contributed by atoms with van der Waals surface area (Å²) in [5.74, 6) is -0.643. The number of rotatable bonds is 2. The minimum absolute atomic E-state index is 0.0248. The Morgan fingerprint density at radius 1 is 1.53 bits per heavy atom. The molecule has 0 aromatic carbocycles. The Labute approximate surface area is 96.5 Å². The summed E-state index contributed by atoms with van der Waals surface area (Å²) in [7, 11) is 0. The second kappa shape index (κ2) is 4.54. The normalized spacial score (nSPS) is 11.6. The Morgan fingerprint density at radius 2 is 2.13 bits per heavy atom. The molecule has 1 heterocycles. The summed E-state index contributed by atoms with van der Waals surface area (Å²) in [5, 5.41) is -0.113. The number of ether oxygens (including phenoxy) is 1. The van der Waals surface area contributed by atoms with Crippen molar-refractivity contribution in [2.24, 2.45) is 5.73 Å². The molecule has 0 saturated carbocycles. The number of alkyl halides is 3. The van der Waals surface area contributed by atoms with Gasteiger partial charge in [0, 0.05) is 6.54 Å². The first-order chi connectivity index (χ1) is 6.83. The zero-order valence-corrected chi connectivity index (χ0v) is 9.45. The molecule has 0 bridgehead atoms. The highest BCUT2D eigenvalue weighted by molar-refractivity contribution is 9.10. The third kappa shape index (κ3) is 3.51. The molecule has 1 rings (SSSR count). The average molecular weight is 305 g/mol. The number of aromatic nitrogens is 1. The molecule has 0 fully saturated rings. The summed E-state index contributed by atoms with van der Waals surface area (Å²) in [4.78, 5) is 3.39. The lowest BCUT2D eigenvalue weighted by Crippen LogP contribution is -2.18. The van der Waals surface area contributed by atoms with Gasteiger partial charge in [-0.1, -0.05) is 11.6 Å². The van der Waals surface area contributed by atoms with Gasteiger partial charge in [0.25, 0.3) is 0 Å². The van der Waals surface area contributed by atoms with Gasteiger partial charge in [0.1, 0.15) is 5.15 Å². The molecule has 0 atom stereocenters. The van der Waals surface area contributed by atoms with Crippen molar-refractivity contribution < 1.29 is 17.9 Å². The van der Waals surface area contributed by atoms with Gasteiger partial charge in [0.2, 0.25) is 5.88 Å². The van der Waals surface area contributed by atoms with Gasteiger partial charge in [-0.15, -0.1) is 13.2 Å². The van der Waals surface area contributed by atoms with Crippen LogP contribution in [0.4, 0.5) is 13.2 Å². The maximum absolute atomic E-state index is 11.9. The van der Waals surface area contributed by atoms with Crippen LogP contribution in [-0.4, -0.2) is 11.3 Å². The molecule has 1 aromatic heterocycles. The summed E-state index contributed by atoms with van der Waals surface area (Å²) in [6.45, 7) is 0.0248. The van der Waals surface area contributed by atoms with Gasteiger partial charge >= 0.3 is 6.36 Å². The van der Waals surface area contributed by atoms with E-state index < -0.39 is 12.2 Å². The molecule has 84 valence electrons. The molecule has 0 unspecified atom stereocenters. The lowest BCUT2D eigenvalue weighted by molar-refractivity contribution is -0.276. The topological polar surface area (TPSA) is 48.1 Å².